The largest absolute Gasteiger partial charge is 0.573 e. The van der Waals surface area contributed by atoms with Crippen LogP contribution in [0.15, 0.2) is 42.5 Å². The molecule has 2 aromatic carbocycles. The van der Waals surface area contributed by atoms with E-state index in [1.165, 1.54) is 23.1 Å². The molecule has 1 amide bonds. The van der Waals surface area contributed by atoms with Gasteiger partial charge in [0.2, 0.25) is 6.10 Å². The zero-order valence-corrected chi connectivity index (χ0v) is 18.9. The standard InChI is InChI=1S/C23H21F3N2O5S/c1-13-20(32-18-7-3-2-6-17(18)31-13)21(29)28(12-15-5-4-10-30-15)22-27-16-9-8-14(11-19(16)34-22)33-23(24,25)26/h2-3,6-9,11,13,15,20H,4-5,10,12H2,1H3. The molecule has 0 aliphatic carbocycles. The summed E-state index contributed by atoms with van der Waals surface area (Å²) in [4.78, 5) is 19.7. The summed E-state index contributed by atoms with van der Waals surface area (Å²) in [7, 11) is 0. The van der Waals surface area contributed by atoms with Crippen LogP contribution in [0.4, 0.5) is 18.3 Å². The van der Waals surface area contributed by atoms with E-state index in [-0.39, 0.29) is 24.3 Å². The Bertz CT molecular complexity index is 1190. The quantitative estimate of drug-likeness (QED) is 0.501. The Morgan fingerprint density at radius 2 is 1.97 bits per heavy atom. The number of anilines is 1. The molecule has 1 saturated heterocycles. The molecule has 2 aliphatic rings. The van der Waals surface area contributed by atoms with Crippen LogP contribution in [0.2, 0.25) is 0 Å². The van der Waals surface area contributed by atoms with Crippen molar-refractivity contribution in [3.63, 3.8) is 0 Å². The summed E-state index contributed by atoms with van der Waals surface area (Å²) >= 11 is 1.10. The van der Waals surface area contributed by atoms with Crippen molar-refractivity contribution in [1.82, 2.24) is 4.98 Å². The van der Waals surface area contributed by atoms with Gasteiger partial charge in [-0.25, -0.2) is 4.98 Å². The average molecular weight is 494 g/mol. The summed E-state index contributed by atoms with van der Waals surface area (Å²) in [5.41, 5.74) is 0.457. The molecule has 0 spiro atoms. The molecular formula is C23H21F3N2O5S. The number of ether oxygens (including phenoxy) is 4. The monoisotopic (exact) mass is 494 g/mol. The van der Waals surface area contributed by atoms with E-state index in [0.29, 0.717) is 33.5 Å². The number of thiazole rings is 1. The topological polar surface area (TPSA) is 70.1 Å². The smallest absolute Gasteiger partial charge is 0.482 e. The van der Waals surface area contributed by atoms with Gasteiger partial charge in [-0.05, 0) is 44.0 Å². The molecule has 0 bridgehead atoms. The van der Waals surface area contributed by atoms with Crippen molar-refractivity contribution >= 4 is 32.6 Å². The molecule has 34 heavy (non-hydrogen) atoms. The van der Waals surface area contributed by atoms with Crippen LogP contribution < -0.4 is 19.1 Å². The van der Waals surface area contributed by atoms with Crippen molar-refractivity contribution in [2.45, 2.75) is 44.4 Å². The first-order valence-electron chi connectivity index (χ1n) is 10.8. The molecular weight excluding hydrogens is 473 g/mol. The number of benzene rings is 2. The molecule has 3 aromatic rings. The lowest BCUT2D eigenvalue weighted by Gasteiger charge is -2.34. The highest BCUT2D eigenvalue weighted by Gasteiger charge is 2.39. The van der Waals surface area contributed by atoms with Gasteiger partial charge in [-0.15, -0.1) is 13.2 Å². The van der Waals surface area contributed by atoms with Crippen LogP contribution in [0, 0.1) is 0 Å². The van der Waals surface area contributed by atoms with Gasteiger partial charge in [0.15, 0.2) is 16.6 Å². The van der Waals surface area contributed by atoms with Gasteiger partial charge in [-0.3, -0.25) is 9.69 Å². The Morgan fingerprint density at radius 1 is 1.21 bits per heavy atom. The second-order valence-corrected chi connectivity index (χ2v) is 9.07. The Balaban J connectivity index is 1.46. The van der Waals surface area contributed by atoms with Gasteiger partial charge in [0, 0.05) is 12.7 Å². The summed E-state index contributed by atoms with van der Waals surface area (Å²) in [5, 5.41) is 0.342. The third-order valence-electron chi connectivity index (χ3n) is 5.58. The van der Waals surface area contributed by atoms with Crippen LogP contribution in [0.5, 0.6) is 17.2 Å². The van der Waals surface area contributed by atoms with Crippen LogP contribution >= 0.6 is 11.3 Å². The van der Waals surface area contributed by atoms with Crippen molar-refractivity contribution in [1.29, 1.82) is 0 Å². The molecule has 1 aromatic heterocycles. The zero-order chi connectivity index (χ0) is 23.9. The van der Waals surface area contributed by atoms with Crippen molar-refractivity contribution < 1.29 is 36.9 Å². The molecule has 0 radical (unpaired) electrons. The Labute approximate surface area is 197 Å². The average Bonchev–Trinajstić information content (AvgIpc) is 3.44. The summed E-state index contributed by atoms with van der Waals surface area (Å²) in [6.07, 6.45) is -4.78. The summed E-state index contributed by atoms with van der Waals surface area (Å²) < 4.78 is 60.0. The van der Waals surface area contributed by atoms with E-state index in [9.17, 15) is 18.0 Å². The SMILES string of the molecule is CC1Oc2ccccc2OC1C(=O)N(CC1CCCO1)c1nc2ccc(OC(F)(F)F)cc2s1. The fourth-order valence-corrected chi connectivity index (χ4v) is 5.01. The third-order valence-corrected chi connectivity index (χ3v) is 6.62. The minimum atomic E-state index is -4.80. The number of carbonyl (C=O) groups is 1. The fraction of sp³-hybridized carbons (Fsp3) is 0.391. The van der Waals surface area contributed by atoms with E-state index in [1.807, 2.05) is 6.07 Å². The molecule has 180 valence electrons. The van der Waals surface area contributed by atoms with Gasteiger partial charge in [-0.2, -0.15) is 0 Å². The van der Waals surface area contributed by atoms with Crippen molar-refractivity contribution in [2.24, 2.45) is 0 Å². The molecule has 0 N–H and O–H groups in total. The number of carbonyl (C=O) groups excluding carboxylic acids is 1. The second-order valence-electron chi connectivity index (χ2n) is 8.07. The Hall–Kier alpha value is -3.05. The van der Waals surface area contributed by atoms with Gasteiger partial charge in [0.05, 0.1) is 22.9 Å². The number of para-hydroxylation sites is 2. The summed E-state index contributed by atoms with van der Waals surface area (Å²) in [5.74, 6) is 0.320. The number of rotatable bonds is 5. The molecule has 3 heterocycles. The van der Waals surface area contributed by atoms with Crippen LogP contribution in [-0.2, 0) is 9.53 Å². The highest BCUT2D eigenvalue weighted by Crippen LogP contribution is 2.37. The number of fused-ring (bicyclic) bond motifs is 2. The molecule has 3 atom stereocenters. The van der Waals surface area contributed by atoms with E-state index >= 15 is 0 Å². The van der Waals surface area contributed by atoms with E-state index < -0.39 is 18.6 Å². The van der Waals surface area contributed by atoms with Gasteiger partial charge in [0.1, 0.15) is 11.9 Å². The van der Waals surface area contributed by atoms with Crippen LogP contribution in [-0.4, -0.2) is 48.7 Å². The molecule has 11 heteroatoms. The number of hydrogen-bond donors (Lipinski definition) is 0. The number of nitrogens with zero attached hydrogens (tertiary/aromatic N) is 2. The van der Waals surface area contributed by atoms with Gasteiger partial charge < -0.3 is 18.9 Å². The van der Waals surface area contributed by atoms with Gasteiger partial charge in [-0.1, -0.05) is 23.5 Å². The van der Waals surface area contributed by atoms with Gasteiger partial charge in [0.25, 0.3) is 5.91 Å². The first-order chi connectivity index (χ1) is 16.3. The summed E-state index contributed by atoms with van der Waals surface area (Å²) in [6.45, 7) is 2.61. The Morgan fingerprint density at radius 3 is 2.68 bits per heavy atom. The number of halogens is 3. The van der Waals surface area contributed by atoms with E-state index in [1.54, 1.807) is 25.1 Å². The van der Waals surface area contributed by atoms with Crippen molar-refractivity contribution in [2.75, 3.05) is 18.1 Å². The van der Waals surface area contributed by atoms with Gasteiger partial charge >= 0.3 is 6.36 Å². The number of aromatic nitrogens is 1. The lowest BCUT2D eigenvalue weighted by Crippen LogP contribution is -2.52. The number of hydrogen-bond acceptors (Lipinski definition) is 7. The highest BCUT2D eigenvalue weighted by molar-refractivity contribution is 7.22. The lowest BCUT2D eigenvalue weighted by atomic mass is 10.1. The zero-order valence-electron chi connectivity index (χ0n) is 18.1. The molecule has 1 fully saturated rings. The molecule has 3 unspecified atom stereocenters. The lowest BCUT2D eigenvalue weighted by molar-refractivity contribution is -0.274. The molecule has 5 rings (SSSR count). The normalized spacial score (nSPS) is 22.1. The minimum Gasteiger partial charge on any atom is -0.482 e. The van der Waals surface area contributed by atoms with E-state index in [2.05, 4.69) is 9.72 Å². The molecule has 0 saturated carbocycles. The maximum atomic E-state index is 13.7. The highest BCUT2D eigenvalue weighted by atomic mass is 32.1. The van der Waals surface area contributed by atoms with E-state index in [0.717, 1.165) is 24.2 Å². The first-order valence-corrected chi connectivity index (χ1v) is 11.6. The predicted octanol–water partition coefficient (Wildman–Crippen LogP) is 4.94. The molecule has 2 aliphatic heterocycles. The first kappa shape index (κ1) is 22.7. The number of amides is 1. The Kier molecular flexibility index (Phi) is 5.98. The maximum absolute atomic E-state index is 13.7. The van der Waals surface area contributed by atoms with Crippen LogP contribution in [0.3, 0.4) is 0 Å². The minimum absolute atomic E-state index is 0.174. The maximum Gasteiger partial charge on any atom is 0.573 e. The van der Waals surface area contributed by atoms with Crippen LogP contribution in [0.25, 0.3) is 10.2 Å². The van der Waals surface area contributed by atoms with Crippen molar-refractivity contribution in [3.8, 4) is 17.2 Å². The summed E-state index contributed by atoms with van der Waals surface area (Å²) in [6, 6.07) is 11.0. The fourth-order valence-electron chi connectivity index (χ4n) is 4.00. The number of alkyl halides is 3. The second kappa shape index (κ2) is 8.95. The third kappa shape index (κ3) is 4.76. The van der Waals surface area contributed by atoms with Crippen LogP contribution in [0.1, 0.15) is 19.8 Å². The van der Waals surface area contributed by atoms with E-state index in [4.69, 9.17) is 14.2 Å². The molecule has 7 nitrogen and oxygen atoms in total. The van der Waals surface area contributed by atoms with Crippen molar-refractivity contribution in [3.05, 3.63) is 42.5 Å². The predicted molar refractivity (Wildman–Crippen MR) is 119 cm³/mol.